The molecule has 0 aliphatic rings. The van der Waals surface area contributed by atoms with Crippen molar-refractivity contribution in [2.45, 2.75) is 26.4 Å². The maximum atomic E-state index is 13.7. The predicted molar refractivity (Wildman–Crippen MR) is 118 cm³/mol. The lowest BCUT2D eigenvalue weighted by Gasteiger charge is -2.12. The van der Waals surface area contributed by atoms with E-state index in [1.54, 1.807) is 13.1 Å². The largest absolute Gasteiger partial charge is 0.365 e. The average molecular weight is 435 g/mol. The van der Waals surface area contributed by atoms with Crippen LogP contribution in [0.1, 0.15) is 17.1 Å². The molecule has 0 bridgehead atoms. The molecule has 0 spiro atoms. The van der Waals surface area contributed by atoms with Crippen molar-refractivity contribution in [2.75, 3.05) is 11.9 Å². The molecule has 4 aromatic rings. The number of H-pyrrole nitrogens is 1. The summed E-state index contributed by atoms with van der Waals surface area (Å²) in [6, 6.07) is 6.68. The van der Waals surface area contributed by atoms with Gasteiger partial charge in [-0.2, -0.15) is 0 Å². The third-order valence-corrected chi connectivity index (χ3v) is 5.01. The van der Waals surface area contributed by atoms with Crippen molar-refractivity contribution < 1.29 is 9.18 Å². The number of hydrogen-bond donors (Lipinski definition) is 3. The minimum absolute atomic E-state index is 0.0966. The minimum Gasteiger partial charge on any atom is -0.365 e. The number of halogens is 1. The zero-order chi connectivity index (χ0) is 22.5. The quantitative estimate of drug-likeness (QED) is 0.389. The number of amides is 1. The van der Waals surface area contributed by atoms with Crippen LogP contribution in [0.5, 0.6) is 0 Å². The monoisotopic (exact) mass is 435 g/mol. The lowest BCUT2D eigenvalue weighted by atomic mass is 10.2. The van der Waals surface area contributed by atoms with Crippen LogP contribution in [0.15, 0.2) is 53.8 Å². The van der Waals surface area contributed by atoms with E-state index in [0.717, 1.165) is 10.9 Å². The molecule has 0 unspecified atom stereocenters. The first kappa shape index (κ1) is 21.2. The normalized spacial score (nSPS) is 10.9. The number of carbonyl (C=O) groups is 1. The van der Waals surface area contributed by atoms with Crippen molar-refractivity contribution in [2.24, 2.45) is 0 Å². The zero-order valence-corrected chi connectivity index (χ0v) is 17.4. The van der Waals surface area contributed by atoms with Crippen LogP contribution in [0.3, 0.4) is 0 Å². The number of anilines is 1. The Hall–Kier alpha value is -4.08. The van der Waals surface area contributed by atoms with Gasteiger partial charge in [0.1, 0.15) is 12.4 Å². The predicted octanol–water partition coefficient (Wildman–Crippen LogP) is 1.93. The Bertz CT molecular complexity index is 1320. The van der Waals surface area contributed by atoms with E-state index in [1.807, 2.05) is 18.3 Å². The molecule has 4 heterocycles. The fourth-order valence-electron chi connectivity index (χ4n) is 3.27. The van der Waals surface area contributed by atoms with Crippen LogP contribution in [-0.2, 0) is 24.3 Å². The summed E-state index contributed by atoms with van der Waals surface area (Å²) in [5.74, 6) is -0.622. The Morgan fingerprint density at radius 1 is 1.22 bits per heavy atom. The molecule has 32 heavy (non-hydrogen) atoms. The number of aryl methyl sites for hydroxylation is 1. The van der Waals surface area contributed by atoms with Crippen molar-refractivity contribution in [3.05, 3.63) is 82.3 Å². The highest BCUT2D eigenvalue weighted by molar-refractivity contribution is 5.79. The molecule has 0 aliphatic carbocycles. The molecule has 164 valence electrons. The Balaban J connectivity index is 1.37. The number of nitrogens with one attached hydrogen (secondary N) is 3. The third kappa shape index (κ3) is 4.80. The van der Waals surface area contributed by atoms with E-state index in [-0.39, 0.29) is 31.4 Å². The van der Waals surface area contributed by atoms with E-state index in [2.05, 4.69) is 30.6 Å². The van der Waals surface area contributed by atoms with Gasteiger partial charge >= 0.3 is 0 Å². The van der Waals surface area contributed by atoms with Crippen LogP contribution in [0.25, 0.3) is 10.9 Å². The smallest absolute Gasteiger partial charge is 0.293 e. The maximum Gasteiger partial charge on any atom is 0.293 e. The molecule has 9 nitrogen and oxygen atoms in total. The van der Waals surface area contributed by atoms with Gasteiger partial charge in [-0.25, -0.2) is 9.37 Å². The fourth-order valence-corrected chi connectivity index (χ4v) is 3.27. The van der Waals surface area contributed by atoms with Gasteiger partial charge in [-0.15, -0.1) is 0 Å². The first-order chi connectivity index (χ1) is 15.5. The lowest BCUT2D eigenvalue weighted by molar-refractivity contribution is -0.121. The van der Waals surface area contributed by atoms with Gasteiger partial charge < -0.3 is 15.6 Å². The maximum absolute atomic E-state index is 13.7. The number of hydrogen-bond acceptors (Lipinski definition) is 6. The summed E-state index contributed by atoms with van der Waals surface area (Å²) in [5.41, 5.74) is 2.07. The van der Waals surface area contributed by atoms with Crippen LogP contribution in [0.4, 0.5) is 10.2 Å². The molecular weight excluding hydrogens is 413 g/mol. The van der Waals surface area contributed by atoms with E-state index >= 15 is 0 Å². The Morgan fingerprint density at radius 2 is 2.09 bits per heavy atom. The summed E-state index contributed by atoms with van der Waals surface area (Å²) in [6.45, 7) is 2.08. The van der Waals surface area contributed by atoms with E-state index in [4.69, 9.17) is 0 Å². The van der Waals surface area contributed by atoms with Gasteiger partial charge in [0.2, 0.25) is 5.91 Å². The highest BCUT2D eigenvalue weighted by Gasteiger charge is 2.12. The van der Waals surface area contributed by atoms with Crippen LogP contribution in [0, 0.1) is 12.7 Å². The highest BCUT2D eigenvalue weighted by Crippen LogP contribution is 2.11. The summed E-state index contributed by atoms with van der Waals surface area (Å²) in [4.78, 5) is 40.7. The molecule has 0 radical (unpaired) electrons. The van der Waals surface area contributed by atoms with E-state index in [9.17, 15) is 14.0 Å². The van der Waals surface area contributed by atoms with Crippen LogP contribution in [-0.4, -0.2) is 37.0 Å². The standard InChI is InChI=1S/C22H22FN7O2/c1-14-10-29-21(26-8-5-18-17(23)3-2-6-24-18)22(32)30(14)13-20(31)28-11-16-9-15-4-7-25-19(15)12-27-16/h2-4,6-7,9-10,12,25H,5,8,11,13H2,1H3,(H,26,29)(H,28,31). The van der Waals surface area contributed by atoms with Crippen LogP contribution >= 0.6 is 0 Å². The molecule has 0 atom stereocenters. The number of rotatable bonds is 8. The van der Waals surface area contributed by atoms with Crippen LogP contribution in [0.2, 0.25) is 0 Å². The zero-order valence-electron chi connectivity index (χ0n) is 17.4. The van der Waals surface area contributed by atoms with E-state index < -0.39 is 11.4 Å². The molecule has 0 saturated carbocycles. The summed E-state index contributed by atoms with van der Waals surface area (Å²) in [6.07, 6.45) is 6.86. The number of fused-ring (bicyclic) bond motifs is 1. The SMILES string of the molecule is Cc1cnc(NCCc2ncccc2F)c(=O)n1CC(=O)NCc1cc2cc[nH]c2cn1. The van der Waals surface area contributed by atoms with Crippen molar-refractivity contribution in [1.82, 2.24) is 29.8 Å². The third-order valence-electron chi connectivity index (χ3n) is 5.01. The Morgan fingerprint density at radius 3 is 2.94 bits per heavy atom. The number of nitrogens with zero attached hydrogens (tertiary/aromatic N) is 4. The summed E-state index contributed by atoms with van der Waals surface area (Å²) < 4.78 is 15.0. The number of carbonyl (C=O) groups excluding carboxylic acids is 1. The van der Waals surface area contributed by atoms with Crippen molar-refractivity contribution in [3.8, 4) is 0 Å². The van der Waals surface area contributed by atoms with Gasteiger partial charge in [-0.05, 0) is 31.2 Å². The Labute approximate surface area is 182 Å². The molecule has 1 amide bonds. The molecule has 3 N–H and O–H groups in total. The molecule has 0 aromatic carbocycles. The Kier molecular flexibility index (Phi) is 6.20. The van der Waals surface area contributed by atoms with Gasteiger partial charge in [-0.3, -0.25) is 24.1 Å². The second-order valence-electron chi connectivity index (χ2n) is 7.27. The average Bonchev–Trinajstić information content (AvgIpc) is 3.26. The van der Waals surface area contributed by atoms with Crippen molar-refractivity contribution in [3.63, 3.8) is 0 Å². The fraction of sp³-hybridized carbons (Fsp3) is 0.227. The first-order valence-corrected chi connectivity index (χ1v) is 10.1. The highest BCUT2D eigenvalue weighted by atomic mass is 19.1. The number of aromatic nitrogens is 5. The molecule has 0 fully saturated rings. The number of pyridine rings is 2. The first-order valence-electron chi connectivity index (χ1n) is 10.1. The molecule has 4 rings (SSSR count). The van der Waals surface area contributed by atoms with E-state index in [1.165, 1.54) is 29.1 Å². The summed E-state index contributed by atoms with van der Waals surface area (Å²) in [5, 5.41) is 6.70. The van der Waals surface area contributed by atoms with Gasteiger partial charge in [0, 0.05) is 42.6 Å². The van der Waals surface area contributed by atoms with Crippen molar-refractivity contribution >= 4 is 22.6 Å². The molecule has 0 saturated heterocycles. The molecule has 4 aromatic heterocycles. The lowest BCUT2D eigenvalue weighted by Crippen LogP contribution is -2.34. The van der Waals surface area contributed by atoms with Gasteiger partial charge in [0.05, 0.1) is 29.6 Å². The number of aromatic amines is 1. The molecule has 10 heteroatoms. The van der Waals surface area contributed by atoms with Crippen LogP contribution < -0.4 is 16.2 Å². The van der Waals surface area contributed by atoms with E-state index in [0.29, 0.717) is 23.5 Å². The second-order valence-corrected chi connectivity index (χ2v) is 7.27. The van der Waals surface area contributed by atoms with Gasteiger partial charge in [0.15, 0.2) is 5.82 Å². The van der Waals surface area contributed by atoms with Gasteiger partial charge in [-0.1, -0.05) is 0 Å². The summed E-state index contributed by atoms with van der Waals surface area (Å²) in [7, 11) is 0. The molecule has 0 aliphatic heterocycles. The van der Waals surface area contributed by atoms with Crippen molar-refractivity contribution in [1.29, 1.82) is 0 Å². The topological polar surface area (TPSA) is 118 Å². The molecular formula is C22H22FN7O2. The summed E-state index contributed by atoms with van der Waals surface area (Å²) >= 11 is 0. The second kappa shape index (κ2) is 9.38. The van der Waals surface area contributed by atoms with Gasteiger partial charge in [0.25, 0.3) is 5.56 Å². The minimum atomic E-state index is -0.423.